The number of aliphatic imine (C=N–C) groups is 1. The first-order chi connectivity index (χ1) is 11.6. The Hall–Kier alpha value is -1.51. The van der Waals surface area contributed by atoms with Crippen molar-refractivity contribution >= 4 is 35.8 Å². The molecule has 1 aromatic rings. The summed E-state index contributed by atoms with van der Waals surface area (Å²) in [6.45, 7) is 8.07. The van der Waals surface area contributed by atoms with Crippen LogP contribution >= 0.6 is 24.0 Å². The molecule has 0 aromatic heterocycles. The van der Waals surface area contributed by atoms with Gasteiger partial charge in [0.05, 0.1) is 6.54 Å². The number of carbonyl (C=O) groups is 1. The Balaban J connectivity index is 0.00000312. The number of ether oxygens (including phenoxy) is 1. The Labute approximate surface area is 167 Å². The smallest absolute Gasteiger partial charge is 0.220 e. The van der Waals surface area contributed by atoms with Gasteiger partial charge in [0.1, 0.15) is 11.9 Å². The van der Waals surface area contributed by atoms with E-state index in [1.54, 1.807) is 0 Å². The lowest BCUT2D eigenvalue weighted by Crippen LogP contribution is -2.51. The van der Waals surface area contributed by atoms with Gasteiger partial charge in [-0.25, -0.2) is 4.99 Å². The first-order valence-corrected chi connectivity index (χ1v) is 8.62. The van der Waals surface area contributed by atoms with Gasteiger partial charge in [0, 0.05) is 25.6 Å². The minimum Gasteiger partial charge on any atom is -0.489 e. The summed E-state index contributed by atoms with van der Waals surface area (Å²) in [6.07, 6.45) is 1.36. The highest BCUT2D eigenvalue weighted by Crippen LogP contribution is 2.17. The molecule has 0 bridgehead atoms. The lowest BCUT2D eigenvalue weighted by Gasteiger charge is -2.25. The number of guanidine groups is 1. The predicted octanol–water partition coefficient (Wildman–Crippen LogP) is 2.21. The predicted molar refractivity (Wildman–Crippen MR) is 112 cm³/mol. The molecule has 140 valence electrons. The molecular formula is C18H29IN4O2. The number of aryl methyl sites for hydroxylation is 1. The van der Waals surface area contributed by atoms with Crippen LogP contribution in [0.4, 0.5) is 0 Å². The molecule has 7 heteroatoms. The van der Waals surface area contributed by atoms with Crippen LogP contribution < -0.4 is 20.7 Å². The van der Waals surface area contributed by atoms with Crippen LogP contribution in [-0.4, -0.2) is 43.6 Å². The lowest BCUT2D eigenvalue weighted by molar-refractivity contribution is -0.122. The summed E-state index contributed by atoms with van der Waals surface area (Å²) in [6, 6.07) is 8.20. The summed E-state index contributed by atoms with van der Waals surface area (Å²) in [5.74, 6) is 1.78. The first-order valence-electron chi connectivity index (χ1n) is 8.62. The number of benzene rings is 1. The van der Waals surface area contributed by atoms with Crippen molar-refractivity contribution in [1.82, 2.24) is 16.0 Å². The van der Waals surface area contributed by atoms with E-state index in [4.69, 9.17) is 4.74 Å². The maximum atomic E-state index is 11.2. The van der Waals surface area contributed by atoms with Gasteiger partial charge in [0.15, 0.2) is 5.96 Å². The molecule has 1 fully saturated rings. The zero-order valence-electron chi connectivity index (χ0n) is 15.2. The van der Waals surface area contributed by atoms with Crippen molar-refractivity contribution in [3.05, 3.63) is 29.8 Å². The fraction of sp³-hybridized carbons (Fsp3) is 0.556. The fourth-order valence-electron chi connectivity index (χ4n) is 2.53. The Morgan fingerprint density at radius 2 is 2.20 bits per heavy atom. The minimum atomic E-state index is -0.0207. The molecule has 1 heterocycles. The summed E-state index contributed by atoms with van der Waals surface area (Å²) in [5, 5.41) is 9.49. The maximum Gasteiger partial charge on any atom is 0.220 e. The summed E-state index contributed by atoms with van der Waals surface area (Å²) < 4.78 is 5.96. The zero-order valence-corrected chi connectivity index (χ0v) is 17.5. The largest absolute Gasteiger partial charge is 0.489 e. The molecule has 0 aliphatic carbocycles. The van der Waals surface area contributed by atoms with Gasteiger partial charge in [-0.3, -0.25) is 4.79 Å². The average Bonchev–Trinajstić information content (AvgIpc) is 2.57. The third kappa shape index (κ3) is 7.50. The number of nitrogens with one attached hydrogen (secondary N) is 3. The second kappa shape index (κ2) is 11.2. The molecular weight excluding hydrogens is 431 g/mol. The number of rotatable bonds is 6. The van der Waals surface area contributed by atoms with Crippen molar-refractivity contribution in [2.75, 3.05) is 19.6 Å². The number of carbonyl (C=O) groups excluding carboxylic acids is 1. The van der Waals surface area contributed by atoms with Crippen LogP contribution in [0.25, 0.3) is 0 Å². The van der Waals surface area contributed by atoms with Crippen molar-refractivity contribution < 1.29 is 9.53 Å². The topological polar surface area (TPSA) is 74.8 Å². The van der Waals surface area contributed by atoms with E-state index in [2.05, 4.69) is 20.9 Å². The third-order valence-corrected chi connectivity index (χ3v) is 3.88. The van der Waals surface area contributed by atoms with Crippen LogP contribution in [0, 0.1) is 6.92 Å². The van der Waals surface area contributed by atoms with Gasteiger partial charge in [-0.15, -0.1) is 24.0 Å². The summed E-state index contributed by atoms with van der Waals surface area (Å²) >= 11 is 0. The molecule has 2 unspecified atom stereocenters. The second-order valence-corrected chi connectivity index (χ2v) is 6.10. The molecule has 1 aliphatic rings. The van der Waals surface area contributed by atoms with Crippen molar-refractivity contribution in [1.29, 1.82) is 0 Å². The fourth-order valence-corrected chi connectivity index (χ4v) is 2.53. The van der Waals surface area contributed by atoms with Crippen molar-refractivity contribution in [2.24, 2.45) is 4.99 Å². The number of piperidine rings is 1. The van der Waals surface area contributed by atoms with Crippen molar-refractivity contribution in [2.45, 2.75) is 45.8 Å². The molecule has 2 rings (SSSR count). The average molecular weight is 460 g/mol. The van der Waals surface area contributed by atoms with E-state index in [9.17, 15) is 4.79 Å². The van der Waals surface area contributed by atoms with Gasteiger partial charge in [-0.1, -0.05) is 18.2 Å². The molecule has 1 saturated heterocycles. The summed E-state index contributed by atoms with van der Waals surface area (Å²) in [4.78, 5) is 15.8. The van der Waals surface area contributed by atoms with Crippen LogP contribution in [0.3, 0.4) is 0 Å². The lowest BCUT2D eigenvalue weighted by atomic mass is 10.1. The number of hydrogen-bond donors (Lipinski definition) is 3. The third-order valence-electron chi connectivity index (χ3n) is 3.88. The standard InChI is InChI=1S/C18H28N4O2.HI/c1-4-19-18(22-15-9-10-17(23)20-12-15)21-11-14(3)24-16-8-6-5-7-13(16)2;/h5-8,14-15H,4,9-12H2,1-3H3,(H,20,23)(H2,19,21,22);1H. The van der Waals surface area contributed by atoms with Gasteiger partial charge < -0.3 is 20.7 Å². The molecule has 0 radical (unpaired) electrons. The highest BCUT2D eigenvalue weighted by atomic mass is 127. The molecule has 6 nitrogen and oxygen atoms in total. The van der Waals surface area contributed by atoms with E-state index in [-0.39, 0.29) is 42.0 Å². The van der Waals surface area contributed by atoms with Crippen LogP contribution in [0.1, 0.15) is 32.3 Å². The number of amides is 1. The van der Waals surface area contributed by atoms with E-state index < -0.39 is 0 Å². The number of nitrogens with zero attached hydrogens (tertiary/aromatic N) is 1. The number of para-hydroxylation sites is 1. The highest BCUT2D eigenvalue weighted by Gasteiger charge is 2.18. The van der Waals surface area contributed by atoms with Crippen LogP contribution in [0.5, 0.6) is 5.75 Å². The Morgan fingerprint density at radius 1 is 1.44 bits per heavy atom. The van der Waals surface area contributed by atoms with Crippen molar-refractivity contribution in [3.8, 4) is 5.75 Å². The molecule has 2 atom stereocenters. The van der Waals surface area contributed by atoms with E-state index in [0.29, 0.717) is 19.5 Å². The molecule has 1 aromatic carbocycles. The van der Waals surface area contributed by atoms with Gasteiger partial charge in [0.25, 0.3) is 0 Å². The van der Waals surface area contributed by atoms with Gasteiger partial charge in [-0.2, -0.15) is 0 Å². The SMILES string of the molecule is CCNC(=NCC(C)Oc1ccccc1C)NC1CCC(=O)NC1.I. The molecule has 0 saturated carbocycles. The number of hydrogen-bond acceptors (Lipinski definition) is 3. The quantitative estimate of drug-likeness (QED) is 0.346. The van der Waals surface area contributed by atoms with Crippen LogP contribution in [-0.2, 0) is 4.79 Å². The Morgan fingerprint density at radius 3 is 2.84 bits per heavy atom. The van der Waals surface area contributed by atoms with E-state index >= 15 is 0 Å². The molecule has 0 spiro atoms. The van der Waals surface area contributed by atoms with E-state index in [0.717, 1.165) is 30.2 Å². The summed E-state index contributed by atoms with van der Waals surface area (Å²) in [7, 11) is 0. The van der Waals surface area contributed by atoms with Gasteiger partial charge >= 0.3 is 0 Å². The number of halogens is 1. The maximum absolute atomic E-state index is 11.2. The zero-order chi connectivity index (χ0) is 17.4. The first kappa shape index (κ1) is 21.5. The Bertz CT molecular complexity index is 570. The van der Waals surface area contributed by atoms with Crippen molar-refractivity contribution in [3.63, 3.8) is 0 Å². The molecule has 25 heavy (non-hydrogen) atoms. The molecule has 1 amide bonds. The van der Waals surface area contributed by atoms with Crippen LogP contribution in [0.15, 0.2) is 29.3 Å². The summed E-state index contributed by atoms with van der Waals surface area (Å²) in [5.41, 5.74) is 1.12. The minimum absolute atomic E-state index is 0. The highest BCUT2D eigenvalue weighted by molar-refractivity contribution is 14.0. The monoisotopic (exact) mass is 460 g/mol. The second-order valence-electron chi connectivity index (χ2n) is 6.10. The van der Waals surface area contributed by atoms with E-state index in [1.165, 1.54) is 0 Å². The van der Waals surface area contributed by atoms with E-state index in [1.807, 2.05) is 45.0 Å². The molecule has 1 aliphatic heterocycles. The van der Waals surface area contributed by atoms with Crippen LogP contribution in [0.2, 0.25) is 0 Å². The molecule has 3 N–H and O–H groups in total. The van der Waals surface area contributed by atoms with Gasteiger partial charge in [0.2, 0.25) is 5.91 Å². The van der Waals surface area contributed by atoms with Gasteiger partial charge in [-0.05, 0) is 38.8 Å². The normalized spacial score (nSPS) is 18.6. The Kier molecular flexibility index (Phi) is 9.62.